The highest BCUT2D eigenvalue weighted by Gasteiger charge is 2.46. The largest absolute Gasteiger partial charge is 0.382 e. The summed E-state index contributed by atoms with van der Waals surface area (Å²) in [5, 5.41) is 17.5. The molecule has 2 saturated heterocycles. The number of halogens is 1. The summed E-state index contributed by atoms with van der Waals surface area (Å²) in [5.74, 6) is 3.38. The molecule has 3 amide bonds. The number of thiophene rings is 1. The van der Waals surface area contributed by atoms with E-state index in [4.69, 9.17) is 27.3 Å². The number of pyridine rings is 1. The summed E-state index contributed by atoms with van der Waals surface area (Å²) in [6.07, 6.45) is 10.9. The smallest absolute Gasteiger partial charge is 0.251 e. The lowest BCUT2D eigenvalue weighted by Gasteiger charge is -2.39. The van der Waals surface area contributed by atoms with Crippen LogP contribution in [-0.4, -0.2) is 122 Å². The molecule has 3 aliphatic heterocycles. The van der Waals surface area contributed by atoms with Gasteiger partial charge in [-0.3, -0.25) is 38.6 Å². The normalized spacial score (nSPS) is 21.5. The third kappa shape index (κ3) is 12.7. The molecule has 11 rings (SSSR count). The number of anilines is 1. The van der Waals surface area contributed by atoms with Crippen molar-refractivity contribution in [2.75, 3.05) is 51.1 Å². The summed E-state index contributed by atoms with van der Waals surface area (Å²) in [4.78, 5) is 72.1. The number of hydrogen-bond acceptors (Lipinski definition) is 12. The van der Waals surface area contributed by atoms with Gasteiger partial charge < -0.3 is 26.2 Å². The number of nitrogens with one attached hydrogen (secondary N) is 2. The fraction of sp³-hybridized carbons (Fsp3) is 0.477. The molecule has 6 aromatic rings. The van der Waals surface area contributed by atoms with Crippen LogP contribution in [0.2, 0.25) is 5.02 Å². The zero-order valence-corrected chi connectivity index (χ0v) is 49.9. The van der Waals surface area contributed by atoms with Gasteiger partial charge in [0.15, 0.2) is 11.6 Å². The highest BCUT2D eigenvalue weighted by molar-refractivity contribution is 7.15. The minimum atomic E-state index is -0.511. The van der Waals surface area contributed by atoms with E-state index in [1.165, 1.54) is 22.4 Å². The molecule has 5 aliphatic rings. The van der Waals surface area contributed by atoms with E-state index in [0.717, 1.165) is 143 Å². The van der Waals surface area contributed by atoms with Crippen molar-refractivity contribution >= 4 is 57.8 Å². The topological polar surface area (TPSA) is 184 Å². The van der Waals surface area contributed by atoms with Gasteiger partial charge in [-0.15, -0.1) is 21.5 Å². The number of aromatic nitrogens is 4. The molecule has 3 aromatic heterocycles. The van der Waals surface area contributed by atoms with Gasteiger partial charge in [-0.25, -0.2) is 0 Å². The van der Waals surface area contributed by atoms with E-state index >= 15 is 0 Å². The Bertz CT molecular complexity index is 3360. The van der Waals surface area contributed by atoms with E-state index in [9.17, 15) is 19.2 Å². The number of likely N-dealkylation sites (tertiary alicyclic amines) is 1. The van der Waals surface area contributed by atoms with E-state index in [1.54, 1.807) is 29.7 Å². The maximum atomic E-state index is 14.1. The molecule has 6 heterocycles. The number of piperazine rings is 1. The van der Waals surface area contributed by atoms with Gasteiger partial charge in [-0.1, -0.05) is 54.9 Å². The number of benzene rings is 3. The quantitative estimate of drug-likeness (QED) is 0.0700. The number of amides is 3. The Kier molecular flexibility index (Phi) is 17.2. The van der Waals surface area contributed by atoms with Gasteiger partial charge in [0.2, 0.25) is 5.91 Å². The van der Waals surface area contributed by atoms with Crippen LogP contribution < -0.4 is 16.4 Å². The summed E-state index contributed by atoms with van der Waals surface area (Å²) in [6, 6.07) is 23.1. The number of aliphatic imine (C=N–C) groups is 1. The molecule has 4 N–H and O–H groups in total. The van der Waals surface area contributed by atoms with Gasteiger partial charge in [0.05, 0.1) is 17.7 Å². The fourth-order valence-corrected chi connectivity index (χ4v) is 14.5. The van der Waals surface area contributed by atoms with Crippen LogP contribution in [0.1, 0.15) is 164 Å². The second-order valence-corrected chi connectivity index (χ2v) is 25.7. The molecule has 15 nitrogen and oxygen atoms in total. The Morgan fingerprint density at radius 2 is 1.56 bits per heavy atom. The Morgan fingerprint density at radius 3 is 2.27 bits per heavy atom. The third-order valence-electron chi connectivity index (χ3n) is 18.4. The molecule has 0 radical (unpaired) electrons. The minimum Gasteiger partial charge on any atom is -0.382 e. The van der Waals surface area contributed by atoms with Gasteiger partial charge in [-0.2, -0.15) is 0 Å². The molecule has 6 atom stereocenters. The number of aryl methyl sites for hydroxylation is 4. The fourth-order valence-electron chi connectivity index (χ4n) is 13.1. The highest BCUT2D eigenvalue weighted by atomic mass is 35.5. The molecule has 82 heavy (non-hydrogen) atoms. The van der Waals surface area contributed by atoms with Crippen LogP contribution in [0.5, 0.6) is 0 Å². The average molecular weight is 1140 g/mol. The third-order valence-corrected chi connectivity index (χ3v) is 19.9. The summed E-state index contributed by atoms with van der Waals surface area (Å²) in [7, 11) is 0. The first-order chi connectivity index (χ1) is 39.6. The standard InChI is InChI=1S/C65H78ClN11O4S/c1-7-39(3)69-56-33-53(38(2)30-55(56)62(67)80)64(81)70-52-21-15-45(54-32-49(54)31-52)14-19-51-20-16-48(35-68-51)61(79)47-10-8-43(9-11-47)36-74-26-28-75(29-27-74)37-44-22-24-76(25-23-44)58(78)34-57-63-73-72-42(6)77(63)65-59(40(4)41(5)82-65)60(71-57)46-12-17-50(66)18-13-46/h8-13,16-18,20,30,33,35,39,44-45,49,52,54,57,69H,7,14-15,19,21-29,31-32,34,36-37H2,1-6H3,(H2,67,80)(H,70,81)/t39-,45-,49+,52?,54?,57+/m1/s1. The van der Waals surface area contributed by atoms with Gasteiger partial charge in [-0.05, 0) is 169 Å². The summed E-state index contributed by atoms with van der Waals surface area (Å²) in [5.41, 5.74) is 15.5. The Morgan fingerprint density at radius 1 is 0.829 bits per heavy atom. The van der Waals surface area contributed by atoms with E-state index in [2.05, 4.69) is 68.1 Å². The SMILES string of the molecule is CC[C@@H](C)Nc1cc(C(=O)NC2CC[C@@H](CCc3ccc(C(=O)c4ccc(CN5CCN(CC6CCN(C(=O)C[C@@H]7N=C(c8ccc(Cl)cc8)c8c(sc(C)c8C)-n8c(C)nnc87)CC6)CC5)cc4)cn3)C3C[C@@H]3C2)c(C)cc1C(N)=O. The van der Waals surface area contributed by atoms with Crippen molar-refractivity contribution in [2.24, 2.45) is 34.4 Å². The van der Waals surface area contributed by atoms with Crippen LogP contribution in [0, 0.1) is 51.4 Å². The second kappa shape index (κ2) is 24.7. The van der Waals surface area contributed by atoms with Crippen molar-refractivity contribution in [1.82, 2.24) is 39.8 Å². The first kappa shape index (κ1) is 57.2. The molecule has 17 heteroatoms. The lowest BCUT2D eigenvalue weighted by Crippen LogP contribution is -2.48. The van der Waals surface area contributed by atoms with Crippen molar-refractivity contribution in [3.63, 3.8) is 0 Å². The maximum Gasteiger partial charge on any atom is 0.251 e. The Labute approximate surface area is 491 Å². The van der Waals surface area contributed by atoms with Crippen LogP contribution >= 0.6 is 22.9 Å². The molecular weight excluding hydrogens is 1070 g/mol. The van der Waals surface area contributed by atoms with Crippen molar-refractivity contribution in [2.45, 2.75) is 130 Å². The molecule has 2 unspecified atom stereocenters. The van der Waals surface area contributed by atoms with Crippen LogP contribution in [0.15, 0.2) is 84.0 Å². The van der Waals surface area contributed by atoms with Crippen LogP contribution in [0.4, 0.5) is 5.69 Å². The number of nitrogens with two attached hydrogens (primary N) is 1. The molecule has 2 saturated carbocycles. The number of nitrogens with zero attached hydrogens (tertiary/aromatic N) is 8. The molecule has 0 spiro atoms. The zero-order chi connectivity index (χ0) is 57.3. The maximum absolute atomic E-state index is 14.1. The highest BCUT2D eigenvalue weighted by Crippen LogP contribution is 2.53. The minimum absolute atomic E-state index is 0.0187. The zero-order valence-electron chi connectivity index (χ0n) is 48.3. The number of hydrogen-bond donors (Lipinski definition) is 3. The number of carbonyl (C=O) groups excluding carboxylic acids is 4. The lowest BCUT2D eigenvalue weighted by atomic mass is 9.91. The molecule has 4 fully saturated rings. The predicted molar refractivity (Wildman–Crippen MR) is 325 cm³/mol. The molecule has 0 bridgehead atoms. The Hall–Kier alpha value is -6.59. The van der Waals surface area contributed by atoms with Crippen LogP contribution in [0.25, 0.3) is 5.00 Å². The van der Waals surface area contributed by atoms with Crippen molar-refractivity contribution in [3.05, 3.63) is 156 Å². The monoisotopic (exact) mass is 1140 g/mol. The average Bonchev–Trinajstić information content (AvgIpc) is 3.24. The first-order valence-electron chi connectivity index (χ1n) is 29.8. The molecule has 3 aromatic carbocycles. The second-order valence-electron chi connectivity index (χ2n) is 24.0. The summed E-state index contributed by atoms with van der Waals surface area (Å²) in [6.45, 7) is 19.6. The van der Waals surface area contributed by atoms with Gasteiger partial charge >= 0.3 is 0 Å². The molecule has 2 aliphatic carbocycles. The van der Waals surface area contributed by atoms with Crippen molar-refractivity contribution in [3.8, 4) is 5.00 Å². The van der Waals surface area contributed by atoms with E-state index in [-0.39, 0.29) is 36.1 Å². The summed E-state index contributed by atoms with van der Waals surface area (Å²) < 4.78 is 2.11. The first-order valence-corrected chi connectivity index (χ1v) is 31.0. The lowest BCUT2D eigenvalue weighted by molar-refractivity contribution is -0.133. The van der Waals surface area contributed by atoms with Gasteiger partial charge in [0.1, 0.15) is 16.9 Å². The van der Waals surface area contributed by atoms with E-state index < -0.39 is 11.9 Å². The van der Waals surface area contributed by atoms with Crippen LogP contribution in [0.3, 0.4) is 0 Å². The number of primary amides is 1. The number of ketones is 1. The number of carbonyl (C=O) groups is 4. The summed E-state index contributed by atoms with van der Waals surface area (Å²) >= 11 is 8.04. The van der Waals surface area contributed by atoms with E-state index in [0.29, 0.717) is 62.5 Å². The molecule has 430 valence electrons. The van der Waals surface area contributed by atoms with Gasteiger partial charge in [0.25, 0.3) is 11.8 Å². The van der Waals surface area contributed by atoms with Crippen molar-refractivity contribution < 1.29 is 19.2 Å². The predicted octanol–water partition coefficient (Wildman–Crippen LogP) is 10.7. The van der Waals surface area contributed by atoms with Gasteiger partial charge in [0, 0.05) is 120 Å². The number of piperidine rings is 1. The van der Waals surface area contributed by atoms with Crippen LogP contribution in [-0.2, 0) is 17.8 Å². The van der Waals surface area contributed by atoms with E-state index in [1.807, 2.05) is 74.2 Å². The van der Waals surface area contributed by atoms with Crippen molar-refractivity contribution in [1.29, 1.82) is 0 Å². The molecular formula is C65H78ClN11O4S. The Balaban J connectivity index is 0.607. The number of fused-ring (bicyclic) bond motifs is 4. The number of rotatable bonds is 18.